The zero-order chi connectivity index (χ0) is 12.9. The normalized spacial score (nSPS) is 19.0. The van der Waals surface area contributed by atoms with Crippen LogP contribution in [0, 0.1) is 9.49 Å². The Morgan fingerprint density at radius 1 is 1.50 bits per heavy atom. The van der Waals surface area contributed by atoms with Gasteiger partial charge in [-0.25, -0.2) is 0 Å². The number of hydrogen-bond acceptors (Lipinski definition) is 3. The van der Waals surface area contributed by atoms with E-state index in [4.69, 9.17) is 0 Å². The van der Waals surface area contributed by atoms with Gasteiger partial charge >= 0.3 is 0 Å². The molecule has 1 aromatic carbocycles. The van der Waals surface area contributed by atoms with Crippen molar-refractivity contribution in [2.45, 2.75) is 11.8 Å². The number of rotatable bonds is 1. The third-order valence-electron chi connectivity index (χ3n) is 3.16. The maximum Gasteiger partial charge on any atom is 0.191 e. The Morgan fingerprint density at radius 2 is 2.28 bits per heavy atom. The van der Waals surface area contributed by atoms with Crippen LogP contribution in [0.1, 0.15) is 17.4 Å². The molecule has 3 nitrogen and oxygen atoms in total. The Balaban J connectivity index is 2.20. The number of carbonyl (C=O) groups is 2. The lowest BCUT2D eigenvalue weighted by atomic mass is 9.99. The number of hydrogen-bond donors (Lipinski definition) is 1. The highest BCUT2D eigenvalue weighted by Gasteiger charge is 2.33. The molecule has 0 saturated carbocycles. The predicted octanol–water partition coefficient (Wildman–Crippen LogP) is 3.27. The zero-order valence-electron chi connectivity index (χ0n) is 9.62. The van der Waals surface area contributed by atoms with Crippen LogP contribution in [0.25, 0.3) is 10.9 Å². The molecular weight excluding hydrogens is 361 g/mol. The van der Waals surface area contributed by atoms with Crippen molar-refractivity contribution in [2.75, 3.05) is 5.75 Å². The second kappa shape index (κ2) is 4.38. The van der Waals surface area contributed by atoms with Crippen molar-refractivity contribution >= 4 is 56.8 Å². The van der Waals surface area contributed by atoms with Crippen molar-refractivity contribution in [3.63, 3.8) is 0 Å². The molecular formula is C13H10INO2S. The van der Waals surface area contributed by atoms with Crippen LogP contribution in [-0.2, 0) is 4.79 Å². The topological polar surface area (TPSA) is 49.9 Å². The molecule has 2 aromatic rings. The van der Waals surface area contributed by atoms with Crippen molar-refractivity contribution in [1.29, 1.82) is 0 Å². The minimum absolute atomic E-state index is 0.0496. The molecule has 1 N–H and O–H groups in total. The van der Waals surface area contributed by atoms with Crippen LogP contribution >= 0.6 is 34.4 Å². The van der Waals surface area contributed by atoms with Crippen molar-refractivity contribution in [1.82, 2.24) is 4.98 Å². The number of Topliss-reactive ketones (excluding diaryl/α,β-unsaturated/α-hetero) is 2. The van der Waals surface area contributed by atoms with E-state index in [0.29, 0.717) is 11.4 Å². The fourth-order valence-electron chi connectivity index (χ4n) is 2.18. The molecule has 3 rings (SSSR count). The summed E-state index contributed by atoms with van der Waals surface area (Å²) in [5, 5.41) is 1.08. The molecule has 1 unspecified atom stereocenters. The third-order valence-corrected chi connectivity index (χ3v) is 5.04. The number of H-pyrrole nitrogens is 1. The number of aromatic amines is 1. The monoisotopic (exact) mass is 371 g/mol. The standard InChI is InChI=1S/C13H10INO2S/c1-6(16)9-5-18-13-8-4-7(14)2-3-10(8)15-11(13)12(9)17/h2-4,9,15H,5H2,1H3. The molecule has 0 fully saturated rings. The van der Waals surface area contributed by atoms with Gasteiger partial charge in [0.25, 0.3) is 0 Å². The molecule has 5 heteroatoms. The summed E-state index contributed by atoms with van der Waals surface area (Å²) in [5.74, 6) is -0.0527. The summed E-state index contributed by atoms with van der Waals surface area (Å²) in [6.07, 6.45) is 0. The minimum Gasteiger partial charge on any atom is -0.351 e. The Morgan fingerprint density at radius 3 is 3.00 bits per heavy atom. The lowest BCUT2D eigenvalue weighted by Gasteiger charge is -2.17. The van der Waals surface area contributed by atoms with Crippen LogP contribution < -0.4 is 0 Å². The molecule has 1 aromatic heterocycles. The first-order valence-electron chi connectivity index (χ1n) is 5.56. The van der Waals surface area contributed by atoms with E-state index < -0.39 is 5.92 Å². The Hall–Kier alpha value is -0.820. The highest BCUT2D eigenvalue weighted by atomic mass is 127. The predicted molar refractivity (Wildman–Crippen MR) is 80.2 cm³/mol. The van der Waals surface area contributed by atoms with Crippen LogP contribution in [-0.4, -0.2) is 22.3 Å². The first-order chi connectivity index (χ1) is 8.58. The van der Waals surface area contributed by atoms with Crippen molar-refractivity contribution in [3.8, 4) is 0 Å². The van der Waals surface area contributed by atoms with Gasteiger partial charge in [-0.3, -0.25) is 9.59 Å². The molecule has 0 aliphatic carbocycles. The highest BCUT2D eigenvalue weighted by Crippen LogP contribution is 2.39. The van der Waals surface area contributed by atoms with Crippen LogP contribution in [0.3, 0.4) is 0 Å². The van der Waals surface area contributed by atoms with E-state index in [1.54, 1.807) is 11.8 Å². The first-order valence-corrected chi connectivity index (χ1v) is 7.63. The van der Waals surface area contributed by atoms with E-state index in [1.807, 2.05) is 12.1 Å². The van der Waals surface area contributed by atoms with Crippen LogP contribution in [0.5, 0.6) is 0 Å². The third kappa shape index (κ3) is 1.80. The van der Waals surface area contributed by atoms with E-state index in [9.17, 15) is 9.59 Å². The van der Waals surface area contributed by atoms with Gasteiger partial charge in [-0.1, -0.05) is 0 Å². The Bertz CT molecular complexity index is 677. The van der Waals surface area contributed by atoms with E-state index in [-0.39, 0.29) is 11.6 Å². The molecule has 0 amide bonds. The molecule has 0 bridgehead atoms. The summed E-state index contributed by atoms with van der Waals surface area (Å²) in [6.45, 7) is 1.49. The van der Waals surface area contributed by atoms with Gasteiger partial charge in [-0.05, 0) is 47.7 Å². The average molecular weight is 371 g/mol. The van der Waals surface area contributed by atoms with Gasteiger partial charge in [0.15, 0.2) is 5.78 Å². The average Bonchev–Trinajstić information content (AvgIpc) is 2.68. The van der Waals surface area contributed by atoms with Gasteiger partial charge in [-0.15, -0.1) is 11.8 Å². The number of benzene rings is 1. The molecule has 1 aliphatic heterocycles. The van der Waals surface area contributed by atoms with Gasteiger partial charge in [0.1, 0.15) is 5.78 Å². The SMILES string of the molecule is CC(=O)C1CSc2c([nH]c3ccc(I)cc23)C1=O. The molecule has 2 heterocycles. The van der Waals surface area contributed by atoms with Crippen molar-refractivity contribution in [2.24, 2.45) is 5.92 Å². The summed E-state index contributed by atoms with van der Waals surface area (Å²) in [5.41, 5.74) is 1.56. The largest absolute Gasteiger partial charge is 0.351 e. The van der Waals surface area contributed by atoms with Gasteiger partial charge in [0, 0.05) is 25.1 Å². The number of ketones is 2. The number of aromatic nitrogens is 1. The Labute approximate surface area is 122 Å². The van der Waals surface area contributed by atoms with Crippen LogP contribution in [0.15, 0.2) is 23.1 Å². The van der Waals surface area contributed by atoms with Gasteiger partial charge in [-0.2, -0.15) is 0 Å². The van der Waals surface area contributed by atoms with Gasteiger partial charge < -0.3 is 4.98 Å². The van der Waals surface area contributed by atoms with Crippen molar-refractivity contribution in [3.05, 3.63) is 27.5 Å². The van der Waals surface area contributed by atoms with Crippen LogP contribution in [0.4, 0.5) is 0 Å². The van der Waals surface area contributed by atoms with E-state index >= 15 is 0 Å². The maximum absolute atomic E-state index is 12.2. The van der Waals surface area contributed by atoms with Crippen molar-refractivity contribution < 1.29 is 9.59 Å². The fraction of sp³-hybridized carbons (Fsp3) is 0.231. The zero-order valence-corrected chi connectivity index (χ0v) is 12.6. The minimum atomic E-state index is -0.491. The molecule has 1 aliphatic rings. The second-order valence-corrected chi connectivity index (χ2v) is 6.63. The molecule has 1 atom stereocenters. The molecule has 0 radical (unpaired) electrons. The summed E-state index contributed by atoms with van der Waals surface area (Å²) in [6, 6.07) is 6.05. The fourth-order valence-corrected chi connectivity index (χ4v) is 4.01. The van der Waals surface area contributed by atoms with Crippen LogP contribution in [0.2, 0.25) is 0 Å². The summed E-state index contributed by atoms with van der Waals surface area (Å²) in [4.78, 5) is 27.8. The van der Waals surface area contributed by atoms with E-state index in [1.165, 1.54) is 6.92 Å². The van der Waals surface area contributed by atoms with Gasteiger partial charge in [0.05, 0.1) is 11.6 Å². The number of fused-ring (bicyclic) bond motifs is 3. The summed E-state index contributed by atoms with van der Waals surface area (Å²) < 4.78 is 1.14. The number of carbonyl (C=O) groups excluding carboxylic acids is 2. The highest BCUT2D eigenvalue weighted by molar-refractivity contribution is 14.1. The molecule has 18 heavy (non-hydrogen) atoms. The van der Waals surface area contributed by atoms with E-state index in [2.05, 4.69) is 33.6 Å². The molecule has 0 spiro atoms. The number of nitrogens with one attached hydrogen (secondary N) is 1. The second-order valence-electron chi connectivity index (χ2n) is 4.36. The smallest absolute Gasteiger partial charge is 0.191 e. The lowest BCUT2D eigenvalue weighted by Crippen LogP contribution is -2.28. The Kier molecular flexibility index (Phi) is 2.97. The number of halogens is 1. The summed E-state index contributed by atoms with van der Waals surface area (Å²) >= 11 is 3.86. The van der Waals surface area contributed by atoms with E-state index in [0.717, 1.165) is 19.4 Å². The number of thioether (sulfide) groups is 1. The quantitative estimate of drug-likeness (QED) is 0.619. The lowest BCUT2D eigenvalue weighted by molar-refractivity contribution is -0.118. The molecule has 92 valence electrons. The molecule has 0 saturated heterocycles. The summed E-state index contributed by atoms with van der Waals surface area (Å²) in [7, 11) is 0. The van der Waals surface area contributed by atoms with Gasteiger partial charge in [0.2, 0.25) is 0 Å². The first kappa shape index (κ1) is 12.2. The maximum atomic E-state index is 12.2.